The number of rotatable bonds is 5. The maximum absolute atomic E-state index is 13.6. The van der Waals surface area contributed by atoms with Gasteiger partial charge in [-0.3, -0.25) is 14.4 Å². The van der Waals surface area contributed by atoms with Gasteiger partial charge in [-0.25, -0.2) is 17.7 Å². The molecule has 2 aromatic carbocycles. The zero-order valence-electron chi connectivity index (χ0n) is 20.4. The number of ether oxygens (including phenoxy) is 1. The third-order valence-corrected chi connectivity index (χ3v) is 8.87. The second kappa shape index (κ2) is 8.50. The van der Waals surface area contributed by atoms with Crippen LogP contribution in [0.5, 0.6) is 0 Å². The van der Waals surface area contributed by atoms with Gasteiger partial charge in [-0.15, -0.1) is 0 Å². The predicted molar refractivity (Wildman–Crippen MR) is 137 cm³/mol. The molecule has 3 aliphatic rings. The Balaban J connectivity index is 1.29. The summed E-state index contributed by atoms with van der Waals surface area (Å²) in [5.74, 6) is 0.674. The van der Waals surface area contributed by atoms with Crippen molar-refractivity contribution in [2.75, 3.05) is 39.1 Å². The smallest absolute Gasteiger partial charge is 0.258 e. The van der Waals surface area contributed by atoms with E-state index in [4.69, 9.17) is 9.73 Å². The zero-order chi connectivity index (χ0) is 25.1. The Bertz CT molecular complexity index is 1470. The summed E-state index contributed by atoms with van der Waals surface area (Å²) >= 11 is 0. The number of fused-ring (bicyclic) bond motifs is 1. The van der Waals surface area contributed by atoms with Gasteiger partial charge >= 0.3 is 0 Å². The molecule has 188 valence electrons. The number of aromatic nitrogens is 2. The van der Waals surface area contributed by atoms with Gasteiger partial charge in [-0.1, -0.05) is 30.3 Å². The Morgan fingerprint density at radius 2 is 1.86 bits per heavy atom. The third-order valence-electron chi connectivity index (χ3n) is 7.60. The number of hydrogen-bond donors (Lipinski definition) is 0. The predicted octanol–water partition coefficient (Wildman–Crippen LogP) is 2.27. The molecule has 9 nitrogen and oxygen atoms in total. The number of sulfonamides is 1. The van der Waals surface area contributed by atoms with Crippen molar-refractivity contribution in [3.05, 3.63) is 54.2 Å². The van der Waals surface area contributed by atoms with E-state index in [1.807, 2.05) is 30.1 Å². The summed E-state index contributed by atoms with van der Waals surface area (Å²) in [6.45, 7) is 2.16. The second-order valence-electron chi connectivity index (χ2n) is 10.1. The van der Waals surface area contributed by atoms with Crippen molar-refractivity contribution in [2.24, 2.45) is 18.0 Å². The summed E-state index contributed by atoms with van der Waals surface area (Å²) in [7, 11) is -1.31. The lowest BCUT2D eigenvalue weighted by Gasteiger charge is -2.25. The van der Waals surface area contributed by atoms with Gasteiger partial charge in [0.05, 0.1) is 24.6 Å². The number of nitrogens with zero attached hydrogens (tertiary/aromatic N) is 5. The van der Waals surface area contributed by atoms with Crippen molar-refractivity contribution in [3.8, 4) is 11.1 Å². The molecule has 4 heterocycles. The minimum Gasteiger partial charge on any atom is -0.378 e. The second-order valence-corrected chi connectivity index (χ2v) is 12.1. The van der Waals surface area contributed by atoms with E-state index in [1.165, 1.54) is 10.6 Å². The van der Waals surface area contributed by atoms with E-state index in [0.29, 0.717) is 38.5 Å². The van der Waals surface area contributed by atoms with Crippen LogP contribution in [-0.4, -0.2) is 83.8 Å². The molecule has 3 aliphatic heterocycles. The van der Waals surface area contributed by atoms with E-state index in [-0.39, 0.29) is 18.4 Å². The normalized spacial score (nSPS) is 24.9. The Hall–Kier alpha value is -3.08. The largest absolute Gasteiger partial charge is 0.378 e. The number of amidine groups is 1. The molecule has 0 aliphatic carbocycles. The van der Waals surface area contributed by atoms with Crippen LogP contribution in [0.15, 0.2) is 53.7 Å². The molecule has 6 rings (SSSR count). The van der Waals surface area contributed by atoms with Gasteiger partial charge in [0, 0.05) is 50.7 Å². The highest BCUT2D eigenvalue weighted by Crippen LogP contribution is 2.35. The molecular weight excluding hydrogens is 478 g/mol. The lowest BCUT2D eigenvalue weighted by atomic mass is 9.98. The maximum Gasteiger partial charge on any atom is 0.258 e. The number of aryl methyl sites for hydroxylation is 1. The number of aliphatic imine (C=N–C) groups is 1. The summed E-state index contributed by atoms with van der Waals surface area (Å²) in [5.41, 5.74) is 3.25. The highest BCUT2D eigenvalue weighted by molar-refractivity contribution is 7.88. The van der Waals surface area contributed by atoms with Crippen molar-refractivity contribution in [2.45, 2.75) is 18.4 Å². The van der Waals surface area contributed by atoms with Crippen molar-refractivity contribution < 1.29 is 17.9 Å². The van der Waals surface area contributed by atoms with Crippen LogP contribution in [0.25, 0.3) is 22.0 Å². The first-order chi connectivity index (χ1) is 17.2. The fourth-order valence-electron chi connectivity index (χ4n) is 5.52. The Morgan fingerprint density at radius 1 is 1.11 bits per heavy atom. The molecule has 3 aromatic rings. The molecule has 1 aromatic heterocycles. The van der Waals surface area contributed by atoms with E-state index in [9.17, 15) is 13.2 Å². The first kappa shape index (κ1) is 23.3. The van der Waals surface area contributed by atoms with E-state index < -0.39 is 15.6 Å². The summed E-state index contributed by atoms with van der Waals surface area (Å²) in [4.78, 5) is 20.3. The number of amides is 1. The standard InChI is InChI=1S/C26H29N5O4S/c1-29-23-8-7-21(13-22(23)14-27-29)19-3-5-20(6-4-19)24-28-26(10-12-35-17-26)25(32)31(24)16-18-9-11-30(15-18)36(2,33)34/h3-8,13-14,18H,9-12,15-17H2,1-2H3/t18-,26?/m1/s1. The highest BCUT2D eigenvalue weighted by atomic mass is 32.2. The average molecular weight is 508 g/mol. The van der Waals surface area contributed by atoms with Crippen LogP contribution >= 0.6 is 0 Å². The Morgan fingerprint density at radius 3 is 2.56 bits per heavy atom. The molecule has 0 saturated carbocycles. The average Bonchev–Trinajstić information content (AvgIpc) is 3.65. The van der Waals surface area contributed by atoms with Crippen LogP contribution in [-0.2, 0) is 26.6 Å². The molecule has 36 heavy (non-hydrogen) atoms. The Labute approximate surface area is 210 Å². The summed E-state index contributed by atoms with van der Waals surface area (Å²) in [6, 6.07) is 14.4. The molecule has 0 radical (unpaired) electrons. The van der Waals surface area contributed by atoms with Crippen LogP contribution in [0.4, 0.5) is 0 Å². The fraction of sp³-hybridized carbons (Fsp3) is 0.423. The molecule has 1 amide bonds. The quantitative estimate of drug-likeness (QED) is 0.528. The summed E-state index contributed by atoms with van der Waals surface area (Å²) in [5, 5.41) is 5.41. The molecule has 0 N–H and O–H groups in total. The van der Waals surface area contributed by atoms with Gasteiger partial charge in [-0.2, -0.15) is 5.10 Å². The molecule has 10 heteroatoms. The van der Waals surface area contributed by atoms with Gasteiger partial charge < -0.3 is 4.74 Å². The Kier molecular flexibility index (Phi) is 5.51. The van der Waals surface area contributed by atoms with Crippen molar-refractivity contribution in [1.29, 1.82) is 0 Å². The molecule has 1 unspecified atom stereocenters. The topological polar surface area (TPSA) is 97.1 Å². The number of carbonyl (C=O) groups is 1. The van der Waals surface area contributed by atoms with Crippen molar-refractivity contribution in [3.63, 3.8) is 0 Å². The summed E-state index contributed by atoms with van der Waals surface area (Å²) in [6.07, 6.45) is 4.39. The number of carbonyl (C=O) groups excluding carboxylic acids is 1. The third kappa shape index (κ3) is 3.93. The van der Waals surface area contributed by atoms with Gasteiger partial charge in [0.25, 0.3) is 5.91 Å². The lowest BCUT2D eigenvalue weighted by molar-refractivity contribution is -0.131. The van der Waals surface area contributed by atoms with Gasteiger partial charge in [0.15, 0.2) is 5.54 Å². The zero-order valence-corrected chi connectivity index (χ0v) is 21.2. The van der Waals surface area contributed by atoms with Crippen LogP contribution in [0, 0.1) is 5.92 Å². The van der Waals surface area contributed by atoms with Crippen LogP contribution in [0.1, 0.15) is 18.4 Å². The fourth-order valence-corrected chi connectivity index (χ4v) is 6.44. The van der Waals surface area contributed by atoms with Crippen molar-refractivity contribution in [1.82, 2.24) is 19.0 Å². The first-order valence-corrected chi connectivity index (χ1v) is 14.1. The van der Waals surface area contributed by atoms with Gasteiger partial charge in [-0.05, 0) is 35.6 Å². The molecule has 2 saturated heterocycles. The van der Waals surface area contributed by atoms with Gasteiger partial charge in [0.2, 0.25) is 10.0 Å². The van der Waals surface area contributed by atoms with Crippen LogP contribution < -0.4 is 0 Å². The molecule has 2 fully saturated rings. The monoisotopic (exact) mass is 507 g/mol. The van der Waals surface area contributed by atoms with Crippen LogP contribution in [0.2, 0.25) is 0 Å². The number of hydrogen-bond acceptors (Lipinski definition) is 6. The molecular formula is C26H29N5O4S. The number of benzene rings is 2. The van der Waals surface area contributed by atoms with E-state index in [1.54, 1.807) is 4.90 Å². The first-order valence-electron chi connectivity index (χ1n) is 12.2. The lowest BCUT2D eigenvalue weighted by Crippen LogP contribution is -2.45. The molecule has 0 bridgehead atoms. The highest BCUT2D eigenvalue weighted by Gasteiger charge is 2.51. The van der Waals surface area contributed by atoms with E-state index in [0.717, 1.165) is 34.0 Å². The SMILES string of the molecule is Cn1ncc2cc(-c3ccc(C4=NC5(CCOC5)C(=O)N4C[C@@H]4CCN(S(C)(=O)=O)C4)cc3)ccc21. The molecule has 2 atom stereocenters. The minimum absolute atomic E-state index is 0.0427. The summed E-state index contributed by atoms with van der Waals surface area (Å²) < 4.78 is 32.9. The van der Waals surface area contributed by atoms with E-state index >= 15 is 0 Å². The van der Waals surface area contributed by atoms with Crippen LogP contribution in [0.3, 0.4) is 0 Å². The molecule has 1 spiro atoms. The van der Waals surface area contributed by atoms with E-state index in [2.05, 4.69) is 35.4 Å². The van der Waals surface area contributed by atoms with Gasteiger partial charge in [0.1, 0.15) is 5.84 Å². The maximum atomic E-state index is 13.6. The minimum atomic E-state index is -3.24. The van der Waals surface area contributed by atoms with Crippen molar-refractivity contribution >= 4 is 32.7 Å².